The fraction of sp³-hybridized carbons (Fsp3) is 0.500. The van der Waals surface area contributed by atoms with Crippen LogP contribution in [0.1, 0.15) is 46.0 Å². The molecule has 21 heavy (non-hydrogen) atoms. The molecule has 116 valence electrons. The molecule has 1 amide bonds. The number of carboxylic acid groups (broad SMARTS) is 1. The molecule has 2 N–H and O–H groups in total. The number of anilines is 1. The van der Waals surface area contributed by atoms with Crippen molar-refractivity contribution in [3.63, 3.8) is 0 Å². The van der Waals surface area contributed by atoms with E-state index in [-0.39, 0.29) is 5.91 Å². The van der Waals surface area contributed by atoms with Crippen LogP contribution >= 0.6 is 11.8 Å². The zero-order chi connectivity index (χ0) is 15.7. The minimum atomic E-state index is -0.827. The number of hydrogen-bond acceptors (Lipinski definition) is 3. The Morgan fingerprint density at radius 1 is 1.24 bits per heavy atom. The molecule has 0 fully saturated rings. The van der Waals surface area contributed by atoms with Crippen LogP contribution in [0.15, 0.2) is 29.2 Å². The van der Waals surface area contributed by atoms with Crippen molar-refractivity contribution in [2.45, 2.75) is 56.1 Å². The van der Waals surface area contributed by atoms with Gasteiger partial charge >= 0.3 is 5.97 Å². The van der Waals surface area contributed by atoms with E-state index in [2.05, 4.69) is 12.2 Å². The first-order chi connectivity index (χ1) is 10.1. The molecule has 1 atom stereocenters. The predicted octanol–water partition coefficient (Wildman–Crippen LogP) is 4.16. The van der Waals surface area contributed by atoms with E-state index in [0.717, 1.165) is 24.2 Å². The van der Waals surface area contributed by atoms with Crippen molar-refractivity contribution in [2.75, 3.05) is 5.32 Å². The summed E-state index contributed by atoms with van der Waals surface area (Å²) in [5, 5.41) is 11.5. The smallest absolute Gasteiger partial charge is 0.316 e. The predicted molar refractivity (Wildman–Crippen MR) is 86.8 cm³/mol. The van der Waals surface area contributed by atoms with Gasteiger partial charge in [0.15, 0.2) is 0 Å². The van der Waals surface area contributed by atoms with Crippen LogP contribution in [0, 0.1) is 0 Å². The Hall–Kier alpha value is -1.49. The topological polar surface area (TPSA) is 66.4 Å². The van der Waals surface area contributed by atoms with Gasteiger partial charge in [-0.2, -0.15) is 0 Å². The van der Waals surface area contributed by atoms with E-state index >= 15 is 0 Å². The summed E-state index contributed by atoms with van der Waals surface area (Å²) in [4.78, 5) is 23.8. The molecule has 0 saturated carbocycles. The molecule has 1 rings (SSSR count). The van der Waals surface area contributed by atoms with Crippen molar-refractivity contribution >= 4 is 29.3 Å². The van der Waals surface area contributed by atoms with E-state index in [1.165, 1.54) is 11.8 Å². The van der Waals surface area contributed by atoms with E-state index < -0.39 is 11.2 Å². The molecule has 0 aliphatic rings. The van der Waals surface area contributed by atoms with E-state index in [0.29, 0.717) is 18.5 Å². The molecule has 1 aromatic carbocycles. The molecule has 0 saturated heterocycles. The van der Waals surface area contributed by atoms with Crippen molar-refractivity contribution in [1.29, 1.82) is 0 Å². The molecule has 0 aromatic heterocycles. The molecule has 0 spiro atoms. The number of hydrogen-bond donors (Lipinski definition) is 2. The Labute approximate surface area is 130 Å². The van der Waals surface area contributed by atoms with Gasteiger partial charge in [-0.05, 0) is 25.0 Å². The third-order valence-corrected chi connectivity index (χ3v) is 4.51. The highest BCUT2D eigenvalue weighted by molar-refractivity contribution is 8.00. The SMILES string of the molecule is CCCCCC(=O)Nc1ccccc1SC(CC)C(=O)O. The Bertz CT molecular complexity index is 476. The number of amides is 1. The van der Waals surface area contributed by atoms with Gasteiger partial charge in [-0.15, -0.1) is 11.8 Å². The minimum absolute atomic E-state index is 0.0140. The number of carbonyl (C=O) groups excluding carboxylic acids is 1. The molecule has 0 bridgehead atoms. The second kappa shape index (κ2) is 9.45. The number of thioether (sulfide) groups is 1. The van der Waals surface area contributed by atoms with E-state index in [1.807, 2.05) is 31.2 Å². The van der Waals surface area contributed by atoms with Crippen LogP contribution in [-0.2, 0) is 9.59 Å². The lowest BCUT2D eigenvalue weighted by Gasteiger charge is -2.14. The van der Waals surface area contributed by atoms with Crippen LogP contribution in [0.3, 0.4) is 0 Å². The lowest BCUT2D eigenvalue weighted by atomic mass is 10.2. The number of unbranched alkanes of at least 4 members (excludes halogenated alkanes) is 2. The summed E-state index contributed by atoms with van der Waals surface area (Å²) in [6.07, 6.45) is 4.05. The number of rotatable bonds is 9. The van der Waals surface area contributed by atoms with Crippen LogP contribution in [-0.4, -0.2) is 22.2 Å². The summed E-state index contributed by atoms with van der Waals surface area (Å²) in [6.45, 7) is 3.94. The molecule has 1 unspecified atom stereocenters. The zero-order valence-corrected chi connectivity index (χ0v) is 13.4. The van der Waals surface area contributed by atoms with Gasteiger partial charge in [0.25, 0.3) is 0 Å². The summed E-state index contributed by atoms with van der Waals surface area (Å²) in [5.41, 5.74) is 0.698. The molecule has 0 heterocycles. The molecule has 0 aliphatic heterocycles. The second-order valence-corrected chi connectivity index (χ2v) is 6.10. The standard InChI is InChI=1S/C16H23NO3S/c1-3-5-6-11-15(18)17-12-9-7-8-10-14(12)21-13(4-2)16(19)20/h7-10,13H,3-6,11H2,1-2H3,(H,17,18)(H,19,20). The van der Waals surface area contributed by atoms with Crippen molar-refractivity contribution in [3.8, 4) is 0 Å². The van der Waals surface area contributed by atoms with Gasteiger partial charge in [0, 0.05) is 11.3 Å². The average molecular weight is 309 g/mol. The number of para-hydroxylation sites is 1. The molecular weight excluding hydrogens is 286 g/mol. The van der Waals surface area contributed by atoms with Crippen molar-refractivity contribution < 1.29 is 14.7 Å². The van der Waals surface area contributed by atoms with Crippen molar-refractivity contribution in [3.05, 3.63) is 24.3 Å². The molecule has 5 heteroatoms. The third-order valence-electron chi connectivity index (χ3n) is 3.08. The summed E-state index contributed by atoms with van der Waals surface area (Å²) >= 11 is 1.28. The van der Waals surface area contributed by atoms with E-state index in [1.54, 1.807) is 0 Å². The maximum atomic E-state index is 11.9. The Kier molecular flexibility index (Phi) is 7.90. The number of benzene rings is 1. The van der Waals surface area contributed by atoms with Gasteiger partial charge in [0.05, 0.1) is 5.69 Å². The van der Waals surface area contributed by atoms with Gasteiger partial charge in [-0.25, -0.2) is 0 Å². The summed E-state index contributed by atoms with van der Waals surface area (Å²) < 4.78 is 0. The molecular formula is C16H23NO3S. The molecule has 0 radical (unpaired) electrons. The van der Waals surface area contributed by atoms with Crippen molar-refractivity contribution in [1.82, 2.24) is 0 Å². The fourth-order valence-electron chi connectivity index (χ4n) is 1.88. The quantitative estimate of drug-likeness (QED) is 0.531. The van der Waals surface area contributed by atoms with Crippen LogP contribution in [0.5, 0.6) is 0 Å². The van der Waals surface area contributed by atoms with Gasteiger partial charge < -0.3 is 10.4 Å². The summed E-state index contributed by atoms with van der Waals surface area (Å²) in [7, 11) is 0. The fourth-order valence-corrected chi connectivity index (χ4v) is 2.86. The number of carboxylic acids is 1. The van der Waals surface area contributed by atoms with Gasteiger partial charge in [0.1, 0.15) is 5.25 Å². The van der Waals surface area contributed by atoms with Crippen LogP contribution in [0.2, 0.25) is 0 Å². The molecule has 4 nitrogen and oxygen atoms in total. The normalized spacial score (nSPS) is 11.9. The van der Waals surface area contributed by atoms with Crippen LogP contribution in [0.4, 0.5) is 5.69 Å². The largest absolute Gasteiger partial charge is 0.480 e. The van der Waals surface area contributed by atoms with Gasteiger partial charge in [-0.1, -0.05) is 38.8 Å². The van der Waals surface area contributed by atoms with E-state index in [9.17, 15) is 9.59 Å². The highest BCUT2D eigenvalue weighted by Crippen LogP contribution is 2.32. The third kappa shape index (κ3) is 6.21. The monoisotopic (exact) mass is 309 g/mol. The Morgan fingerprint density at radius 2 is 1.95 bits per heavy atom. The summed E-state index contributed by atoms with van der Waals surface area (Å²) in [6, 6.07) is 7.35. The molecule has 0 aliphatic carbocycles. The number of carbonyl (C=O) groups is 2. The molecule has 1 aromatic rings. The average Bonchev–Trinajstić information content (AvgIpc) is 2.46. The lowest BCUT2D eigenvalue weighted by molar-refractivity contribution is -0.136. The Balaban J connectivity index is 2.70. The number of aliphatic carboxylic acids is 1. The first-order valence-electron chi connectivity index (χ1n) is 7.36. The summed E-state index contributed by atoms with van der Waals surface area (Å²) in [5.74, 6) is -0.841. The van der Waals surface area contributed by atoms with E-state index in [4.69, 9.17) is 5.11 Å². The van der Waals surface area contributed by atoms with Gasteiger partial charge in [-0.3, -0.25) is 9.59 Å². The number of nitrogens with one attached hydrogen (secondary N) is 1. The van der Waals surface area contributed by atoms with Crippen LogP contribution < -0.4 is 5.32 Å². The van der Waals surface area contributed by atoms with Gasteiger partial charge in [0.2, 0.25) is 5.91 Å². The zero-order valence-electron chi connectivity index (χ0n) is 12.6. The maximum Gasteiger partial charge on any atom is 0.316 e. The Morgan fingerprint density at radius 3 is 2.57 bits per heavy atom. The minimum Gasteiger partial charge on any atom is -0.480 e. The maximum absolute atomic E-state index is 11.9. The second-order valence-electron chi connectivity index (χ2n) is 4.85. The van der Waals surface area contributed by atoms with Crippen LogP contribution in [0.25, 0.3) is 0 Å². The van der Waals surface area contributed by atoms with Crippen molar-refractivity contribution in [2.24, 2.45) is 0 Å². The first kappa shape index (κ1) is 17.6. The lowest BCUT2D eigenvalue weighted by Crippen LogP contribution is -2.16. The first-order valence-corrected chi connectivity index (χ1v) is 8.24. The highest BCUT2D eigenvalue weighted by atomic mass is 32.2. The highest BCUT2D eigenvalue weighted by Gasteiger charge is 2.18.